The van der Waals surface area contributed by atoms with Gasteiger partial charge in [-0.2, -0.15) is 0 Å². The number of hydrogen-bond acceptors (Lipinski definition) is 3. The van der Waals surface area contributed by atoms with Crippen LogP contribution in [0, 0.1) is 0 Å². The minimum Gasteiger partial charge on any atom is -0.462 e. The summed E-state index contributed by atoms with van der Waals surface area (Å²) in [5.74, 6) is -0.821. The lowest BCUT2D eigenvalue weighted by molar-refractivity contribution is -0.115. The summed E-state index contributed by atoms with van der Waals surface area (Å²) in [5.41, 5.74) is 0.130. The number of carbonyl (C=O) groups excluding carboxylic acids is 2. The topological polar surface area (TPSA) is 43.4 Å². The number of carbonyl (C=O) groups is 2. The second-order valence-corrected chi connectivity index (χ2v) is 4.39. The summed E-state index contributed by atoms with van der Waals surface area (Å²) in [4.78, 5) is 22.9. The first-order valence-electron chi connectivity index (χ1n) is 5.64. The van der Waals surface area contributed by atoms with E-state index in [-0.39, 0.29) is 35.3 Å². The van der Waals surface area contributed by atoms with Gasteiger partial charge in [-0.05, 0) is 30.7 Å². The largest absolute Gasteiger partial charge is 0.462 e. The molecule has 6 heteroatoms. The Morgan fingerprint density at radius 2 is 2.00 bits per heavy atom. The zero-order valence-corrected chi connectivity index (χ0v) is 11.9. The van der Waals surface area contributed by atoms with E-state index in [2.05, 4.69) is 15.9 Å². The zero-order valence-electron chi connectivity index (χ0n) is 10.3. The summed E-state index contributed by atoms with van der Waals surface area (Å²) in [6, 6.07) is 3.73. The molecule has 0 fully saturated rings. The van der Waals surface area contributed by atoms with Gasteiger partial charge in [0.05, 0.1) is 17.5 Å². The molecule has 0 aliphatic rings. The minimum atomic E-state index is -2.70. The number of alkyl halides is 3. The lowest BCUT2D eigenvalue weighted by atomic mass is 10.0. The fourth-order valence-electron chi connectivity index (χ4n) is 1.55. The molecule has 104 valence electrons. The minimum absolute atomic E-state index is 0.00177. The maximum Gasteiger partial charge on any atom is 0.338 e. The average Bonchev–Trinajstić information content (AvgIpc) is 2.38. The maximum atomic E-state index is 12.7. The van der Waals surface area contributed by atoms with E-state index in [4.69, 9.17) is 4.74 Å². The highest BCUT2D eigenvalue weighted by Crippen LogP contribution is 2.22. The fraction of sp³-hybridized carbons (Fsp3) is 0.385. The second-order valence-electron chi connectivity index (χ2n) is 3.83. The van der Waals surface area contributed by atoms with Crippen LogP contribution in [-0.2, 0) is 16.0 Å². The van der Waals surface area contributed by atoms with Crippen LogP contribution in [0.25, 0.3) is 0 Å². The second kappa shape index (κ2) is 7.33. The molecular weight excluding hydrogens is 322 g/mol. The van der Waals surface area contributed by atoms with Crippen LogP contribution in [0.4, 0.5) is 8.78 Å². The van der Waals surface area contributed by atoms with Crippen molar-refractivity contribution in [3.63, 3.8) is 0 Å². The third-order valence-corrected chi connectivity index (χ3v) is 2.95. The molecule has 0 N–H and O–H groups in total. The molecule has 1 aromatic carbocycles. The van der Waals surface area contributed by atoms with E-state index in [0.29, 0.717) is 5.56 Å². The standard InChI is InChI=1S/C13H13BrF2O3/c1-2-19-13(18)10-4-8(5-11(17)7-14)3-9(6-10)12(15)16/h3-4,6,12H,2,5,7H2,1H3. The Hall–Kier alpha value is -1.30. The van der Waals surface area contributed by atoms with Crippen molar-refractivity contribution >= 4 is 27.7 Å². The molecule has 0 atom stereocenters. The number of rotatable bonds is 6. The summed E-state index contributed by atoms with van der Waals surface area (Å²) in [6.07, 6.45) is -2.70. The maximum absolute atomic E-state index is 12.7. The molecule has 0 saturated carbocycles. The van der Waals surface area contributed by atoms with Crippen molar-refractivity contribution in [2.24, 2.45) is 0 Å². The van der Waals surface area contributed by atoms with Gasteiger partial charge < -0.3 is 4.74 Å². The summed E-state index contributed by atoms with van der Waals surface area (Å²) >= 11 is 3.00. The van der Waals surface area contributed by atoms with Crippen LogP contribution in [-0.4, -0.2) is 23.7 Å². The zero-order chi connectivity index (χ0) is 14.4. The van der Waals surface area contributed by atoms with E-state index >= 15 is 0 Å². The molecule has 1 rings (SSSR count). The monoisotopic (exact) mass is 334 g/mol. The Bertz CT molecular complexity index is 475. The van der Waals surface area contributed by atoms with Gasteiger partial charge in [0.25, 0.3) is 6.43 Å². The predicted molar refractivity (Wildman–Crippen MR) is 69.9 cm³/mol. The van der Waals surface area contributed by atoms with E-state index in [0.717, 1.165) is 6.07 Å². The van der Waals surface area contributed by atoms with Crippen molar-refractivity contribution < 1.29 is 23.1 Å². The van der Waals surface area contributed by atoms with Gasteiger partial charge in [-0.25, -0.2) is 13.6 Å². The van der Waals surface area contributed by atoms with Crippen LogP contribution in [0.2, 0.25) is 0 Å². The molecule has 0 radical (unpaired) electrons. The van der Waals surface area contributed by atoms with E-state index in [1.54, 1.807) is 6.92 Å². The molecule has 0 aromatic heterocycles. The summed E-state index contributed by atoms with van der Waals surface area (Å²) in [5, 5.41) is 0.140. The van der Waals surface area contributed by atoms with Crippen molar-refractivity contribution in [1.29, 1.82) is 0 Å². The fourth-order valence-corrected chi connectivity index (χ4v) is 1.75. The van der Waals surface area contributed by atoms with Crippen molar-refractivity contribution in [2.45, 2.75) is 19.8 Å². The molecule has 1 aromatic rings. The number of halogens is 3. The van der Waals surface area contributed by atoms with Crippen LogP contribution in [0.1, 0.15) is 34.8 Å². The highest BCUT2D eigenvalue weighted by molar-refractivity contribution is 9.09. The van der Waals surface area contributed by atoms with Gasteiger partial charge >= 0.3 is 5.97 Å². The number of Topliss-reactive ketones (excluding diaryl/α,β-unsaturated/α-hetero) is 1. The quantitative estimate of drug-likeness (QED) is 0.592. The molecular formula is C13H13BrF2O3. The van der Waals surface area contributed by atoms with Crippen molar-refractivity contribution in [2.75, 3.05) is 11.9 Å². The van der Waals surface area contributed by atoms with Crippen LogP contribution in [0.5, 0.6) is 0 Å². The molecule has 0 unspecified atom stereocenters. The SMILES string of the molecule is CCOC(=O)c1cc(CC(=O)CBr)cc(C(F)F)c1. The molecule has 0 saturated heterocycles. The Labute approximate surface area is 118 Å². The van der Waals surface area contributed by atoms with Crippen LogP contribution in [0.3, 0.4) is 0 Å². The number of hydrogen-bond donors (Lipinski definition) is 0. The summed E-state index contributed by atoms with van der Waals surface area (Å²) in [7, 11) is 0. The van der Waals surface area contributed by atoms with Gasteiger partial charge in [-0.15, -0.1) is 0 Å². The van der Waals surface area contributed by atoms with E-state index < -0.39 is 12.4 Å². The first kappa shape index (κ1) is 15.8. The molecule has 3 nitrogen and oxygen atoms in total. The van der Waals surface area contributed by atoms with Crippen LogP contribution in [0.15, 0.2) is 18.2 Å². The highest BCUT2D eigenvalue weighted by atomic mass is 79.9. The number of benzene rings is 1. The van der Waals surface area contributed by atoms with Crippen LogP contribution < -0.4 is 0 Å². The normalized spacial score (nSPS) is 10.6. The number of esters is 1. The molecule has 0 bridgehead atoms. The van der Waals surface area contributed by atoms with Crippen molar-refractivity contribution in [1.82, 2.24) is 0 Å². The van der Waals surface area contributed by atoms with Gasteiger partial charge in [-0.1, -0.05) is 15.9 Å². The predicted octanol–water partition coefficient (Wildman–Crippen LogP) is 3.31. The molecule has 0 aliphatic heterocycles. The molecule has 19 heavy (non-hydrogen) atoms. The molecule has 0 aliphatic carbocycles. The molecule has 0 heterocycles. The highest BCUT2D eigenvalue weighted by Gasteiger charge is 2.15. The Balaban J connectivity index is 3.10. The van der Waals surface area contributed by atoms with Crippen LogP contribution >= 0.6 is 15.9 Å². The van der Waals surface area contributed by atoms with Crippen molar-refractivity contribution in [3.05, 3.63) is 34.9 Å². The summed E-state index contributed by atoms with van der Waals surface area (Å²) < 4.78 is 30.3. The van der Waals surface area contributed by atoms with Gasteiger partial charge in [0.2, 0.25) is 0 Å². The number of ketones is 1. The molecule has 0 spiro atoms. The van der Waals surface area contributed by atoms with E-state index in [1.807, 2.05) is 0 Å². The first-order valence-corrected chi connectivity index (χ1v) is 6.76. The van der Waals surface area contributed by atoms with Crippen molar-refractivity contribution in [3.8, 4) is 0 Å². The third-order valence-electron chi connectivity index (χ3n) is 2.33. The third kappa shape index (κ3) is 4.70. The van der Waals surface area contributed by atoms with Gasteiger partial charge in [0.1, 0.15) is 5.78 Å². The Kier molecular flexibility index (Phi) is 6.08. The Morgan fingerprint density at radius 3 is 2.53 bits per heavy atom. The van der Waals surface area contributed by atoms with E-state index in [1.165, 1.54) is 12.1 Å². The van der Waals surface area contributed by atoms with E-state index in [9.17, 15) is 18.4 Å². The summed E-state index contributed by atoms with van der Waals surface area (Å²) in [6.45, 7) is 1.79. The Morgan fingerprint density at radius 1 is 1.32 bits per heavy atom. The number of ether oxygens (including phenoxy) is 1. The van der Waals surface area contributed by atoms with Gasteiger partial charge in [0, 0.05) is 12.0 Å². The lowest BCUT2D eigenvalue weighted by Gasteiger charge is -2.08. The average molecular weight is 335 g/mol. The van der Waals surface area contributed by atoms with Gasteiger partial charge in [-0.3, -0.25) is 4.79 Å². The lowest BCUT2D eigenvalue weighted by Crippen LogP contribution is -2.09. The van der Waals surface area contributed by atoms with Gasteiger partial charge in [0.15, 0.2) is 0 Å². The first-order chi connectivity index (χ1) is 8.97. The smallest absolute Gasteiger partial charge is 0.338 e. The molecule has 0 amide bonds.